The summed E-state index contributed by atoms with van der Waals surface area (Å²) in [6.45, 7) is 6.38. The van der Waals surface area contributed by atoms with E-state index in [0.717, 1.165) is 52.4 Å². The van der Waals surface area contributed by atoms with Crippen LogP contribution in [0, 0.1) is 0 Å². The number of carbonyl (C=O) groups excluding carboxylic acids is 2. The van der Waals surface area contributed by atoms with Gasteiger partial charge in [-0.05, 0) is 50.5 Å². The molecule has 2 amide bonds. The fraction of sp³-hybridized carbons (Fsp3) is 0.417. The van der Waals surface area contributed by atoms with Gasteiger partial charge in [0.1, 0.15) is 11.5 Å². The van der Waals surface area contributed by atoms with E-state index in [1.807, 2.05) is 9.80 Å². The SMILES string of the molecule is CN1CCN(C(=O)c2cccc(O[B]Oc3cccc(C(=O)N4CCN(C)CC4)c3)c2)CC1. The molecule has 173 valence electrons. The molecule has 0 aromatic heterocycles. The Morgan fingerprint density at radius 3 is 1.45 bits per heavy atom. The fourth-order valence-electron chi connectivity index (χ4n) is 3.92. The van der Waals surface area contributed by atoms with Crippen LogP contribution >= 0.6 is 0 Å². The molecule has 2 aliphatic heterocycles. The molecule has 4 rings (SSSR count). The molecule has 33 heavy (non-hydrogen) atoms. The van der Waals surface area contributed by atoms with Gasteiger partial charge in [-0.15, -0.1) is 0 Å². The maximum absolute atomic E-state index is 12.8. The van der Waals surface area contributed by atoms with Crippen LogP contribution in [-0.4, -0.2) is 106 Å². The summed E-state index contributed by atoms with van der Waals surface area (Å²) in [6.07, 6.45) is 0. The summed E-state index contributed by atoms with van der Waals surface area (Å²) in [5, 5.41) is 0. The van der Waals surface area contributed by atoms with Gasteiger partial charge in [0.15, 0.2) is 0 Å². The molecule has 2 aliphatic rings. The van der Waals surface area contributed by atoms with Gasteiger partial charge in [-0.3, -0.25) is 9.59 Å². The van der Waals surface area contributed by atoms with Crippen molar-refractivity contribution >= 4 is 19.5 Å². The summed E-state index contributed by atoms with van der Waals surface area (Å²) in [6, 6.07) is 14.1. The number of benzene rings is 2. The maximum atomic E-state index is 12.8. The van der Waals surface area contributed by atoms with Gasteiger partial charge in [0.2, 0.25) is 0 Å². The second kappa shape index (κ2) is 10.7. The van der Waals surface area contributed by atoms with E-state index in [-0.39, 0.29) is 11.8 Å². The molecule has 8 nitrogen and oxygen atoms in total. The largest absolute Gasteiger partial charge is 0.658 e. The van der Waals surface area contributed by atoms with E-state index < -0.39 is 0 Å². The lowest BCUT2D eigenvalue weighted by molar-refractivity contribution is 0.0657. The van der Waals surface area contributed by atoms with Crippen LogP contribution in [0.3, 0.4) is 0 Å². The van der Waals surface area contributed by atoms with E-state index in [4.69, 9.17) is 9.31 Å². The van der Waals surface area contributed by atoms with Gasteiger partial charge in [0, 0.05) is 63.5 Å². The maximum Gasteiger partial charge on any atom is 0.658 e. The molecular formula is C24H30BN4O4. The quantitative estimate of drug-likeness (QED) is 0.623. The van der Waals surface area contributed by atoms with Crippen molar-refractivity contribution in [2.45, 2.75) is 0 Å². The van der Waals surface area contributed by atoms with Crippen molar-refractivity contribution in [3.8, 4) is 11.5 Å². The van der Waals surface area contributed by atoms with E-state index in [1.54, 1.807) is 48.5 Å². The topological polar surface area (TPSA) is 65.6 Å². The van der Waals surface area contributed by atoms with Crippen molar-refractivity contribution in [3.05, 3.63) is 59.7 Å². The molecule has 0 bridgehead atoms. The summed E-state index contributed by atoms with van der Waals surface area (Å²) >= 11 is 0. The van der Waals surface area contributed by atoms with Crippen LogP contribution in [0.4, 0.5) is 0 Å². The molecule has 0 aliphatic carbocycles. The standard InChI is InChI=1S/C24H30BN4O4/c1-26-9-13-28(14-10-26)23(30)19-5-3-7-21(17-19)32-25-33-22-8-4-6-20(18-22)24(31)29-15-11-27(2)12-16-29/h3-8,17-18H,9-16H2,1-2H3. The third kappa shape index (κ3) is 6.06. The molecule has 1 radical (unpaired) electrons. The van der Waals surface area contributed by atoms with E-state index >= 15 is 0 Å². The highest BCUT2D eigenvalue weighted by Crippen LogP contribution is 2.18. The molecule has 0 N–H and O–H groups in total. The van der Waals surface area contributed by atoms with Gasteiger partial charge in [0.25, 0.3) is 11.8 Å². The monoisotopic (exact) mass is 449 g/mol. The van der Waals surface area contributed by atoms with Crippen molar-refractivity contribution in [1.82, 2.24) is 19.6 Å². The Labute approximate surface area is 196 Å². The second-order valence-corrected chi connectivity index (χ2v) is 8.58. The fourth-order valence-corrected chi connectivity index (χ4v) is 3.92. The molecule has 2 aromatic rings. The van der Waals surface area contributed by atoms with Crippen molar-refractivity contribution in [2.24, 2.45) is 0 Å². The Morgan fingerprint density at radius 1 is 0.667 bits per heavy atom. The van der Waals surface area contributed by atoms with Crippen LogP contribution < -0.4 is 9.31 Å². The lowest BCUT2D eigenvalue weighted by atomic mass is 10.1. The zero-order valence-electron chi connectivity index (χ0n) is 19.3. The van der Waals surface area contributed by atoms with E-state index in [9.17, 15) is 9.59 Å². The average Bonchev–Trinajstić information content (AvgIpc) is 2.84. The minimum Gasteiger partial charge on any atom is -0.526 e. The summed E-state index contributed by atoms with van der Waals surface area (Å²) in [5.74, 6) is 1.04. The van der Waals surface area contributed by atoms with E-state index in [0.29, 0.717) is 22.6 Å². The van der Waals surface area contributed by atoms with E-state index in [2.05, 4.69) is 23.9 Å². The summed E-state index contributed by atoms with van der Waals surface area (Å²) < 4.78 is 11.2. The number of hydrogen-bond donors (Lipinski definition) is 0. The van der Waals surface area contributed by atoms with Crippen molar-refractivity contribution in [1.29, 1.82) is 0 Å². The molecule has 0 spiro atoms. The Kier molecular flexibility index (Phi) is 7.52. The number of likely N-dealkylation sites (N-methyl/N-ethyl adjacent to an activating group) is 2. The number of hydrogen-bond acceptors (Lipinski definition) is 6. The first-order chi connectivity index (χ1) is 16.0. The Balaban J connectivity index is 1.31. The lowest BCUT2D eigenvalue weighted by Gasteiger charge is -2.32. The summed E-state index contributed by atoms with van der Waals surface area (Å²) in [7, 11) is 5.34. The number of rotatable bonds is 6. The van der Waals surface area contributed by atoms with Crippen LogP contribution in [-0.2, 0) is 0 Å². The Hall–Kier alpha value is -3.04. The molecule has 2 heterocycles. The first-order valence-electron chi connectivity index (χ1n) is 11.3. The third-order valence-corrected chi connectivity index (χ3v) is 6.11. The molecule has 9 heteroatoms. The molecule has 2 saturated heterocycles. The summed E-state index contributed by atoms with van der Waals surface area (Å²) in [4.78, 5) is 33.7. The predicted octanol–water partition coefficient (Wildman–Crippen LogP) is 1.45. The Morgan fingerprint density at radius 2 is 1.06 bits per heavy atom. The smallest absolute Gasteiger partial charge is 0.526 e. The zero-order chi connectivity index (χ0) is 23.2. The number of carbonyl (C=O) groups is 2. The first-order valence-corrected chi connectivity index (χ1v) is 11.3. The van der Waals surface area contributed by atoms with Crippen LogP contribution in [0.25, 0.3) is 0 Å². The Bertz CT molecular complexity index is 895. The number of amides is 2. The van der Waals surface area contributed by atoms with Crippen LogP contribution in [0.2, 0.25) is 0 Å². The molecule has 0 unspecified atom stereocenters. The number of nitrogens with zero attached hydrogens (tertiary/aromatic N) is 4. The normalized spacial score (nSPS) is 17.5. The predicted molar refractivity (Wildman–Crippen MR) is 127 cm³/mol. The molecular weight excluding hydrogens is 419 g/mol. The van der Waals surface area contributed by atoms with Crippen LogP contribution in [0.1, 0.15) is 20.7 Å². The minimum absolute atomic E-state index is 0.00425. The van der Waals surface area contributed by atoms with Gasteiger partial charge >= 0.3 is 7.69 Å². The van der Waals surface area contributed by atoms with Gasteiger partial charge in [-0.1, -0.05) is 12.1 Å². The molecule has 0 saturated carbocycles. The van der Waals surface area contributed by atoms with Gasteiger partial charge in [-0.25, -0.2) is 0 Å². The number of piperazine rings is 2. The van der Waals surface area contributed by atoms with Crippen molar-refractivity contribution in [2.75, 3.05) is 66.5 Å². The van der Waals surface area contributed by atoms with E-state index in [1.165, 1.54) is 7.69 Å². The van der Waals surface area contributed by atoms with Crippen molar-refractivity contribution < 1.29 is 18.9 Å². The molecule has 0 atom stereocenters. The highest BCUT2D eigenvalue weighted by molar-refractivity contribution is 6.20. The summed E-state index contributed by atoms with van der Waals surface area (Å²) in [5.41, 5.74) is 1.18. The van der Waals surface area contributed by atoms with Crippen molar-refractivity contribution in [3.63, 3.8) is 0 Å². The third-order valence-electron chi connectivity index (χ3n) is 6.11. The lowest BCUT2D eigenvalue weighted by Crippen LogP contribution is -2.47. The van der Waals surface area contributed by atoms with Crippen LogP contribution in [0.15, 0.2) is 48.5 Å². The van der Waals surface area contributed by atoms with Gasteiger partial charge in [-0.2, -0.15) is 0 Å². The van der Waals surface area contributed by atoms with Gasteiger partial charge < -0.3 is 28.9 Å². The first kappa shape index (κ1) is 23.1. The zero-order valence-corrected chi connectivity index (χ0v) is 19.3. The molecule has 2 fully saturated rings. The second-order valence-electron chi connectivity index (χ2n) is 8.58. The van der Waals surface area contributed by atoms with Crippen LogP contribution in [0.5, 0.6) is 11.5 Å². The van der Waals surface area contributed by atoms with Gasteiger partial charge in [0.05, 0.1) is 0 Å². The minimum atomic E-state index is 0.00425. The highest BCUT2D eigenvalue weighted by Gasteiger charge is 2.22. The average molecular weight is 449 g/mol. The highest BCUT2D eigenvalue weighted by atomic mass is 16.6. The molecule has 2 aromatic carbocycles.